The first-order valence-electron chi connectivity index (χ1n) is 8.53. The van der Waals surface area contributed by atoms with E-state index in [1.165, 1.54) is 31.2 Å². The Morgan fingerprint density at radius 1 is 1.05 bits per heavy atom. The minimum absolute atomic E-state index is 0.267. The third kappa shape index (κ3) is 2.20. The van der Waals surface area contributed by atoms with E-state index in [2.05, 4.69) is 31.2 Å². The van der Waals surface area contributed by atoms with Crippen molar-refractivity contribution in [2.24, 2.45) is 29.4 Å². The van der Waals surface area contributed by atoms with E-state index in [0.29, 0.717) is 0 Å². The van der Waals surface area contributed by atoms with Gasteiger partial charge >= 0.3 is 0 Å². The molecule has 0 spiro atoms. The molecule has 1 nitrogen and oxygen atoms in total. The average molecular weight is 269 g/mol. The van der Waals surface area contributed by atoms with E-state index in [-0.39, 0.29) is 6.04 Å². The van der Waals surface area contributed by atoms with Crippen molar-refractivity contribution in [2.75, 3.05) is 0 Å². The summed E-state index contributed by atoms with van der Waals surface area (Å²) in [6.07, 6.45) is 8.60. The van der Waals surface area contributed by atoms with E-state index in [4.69, 9.17) is 5.73 Å². The van der Waals surface area contributed by atoms with Crippen molar-refractivity contribution < 1.29 is 0 Å². The summed E-state index contributed by atoms with van der Waals surface area (Å²) in [5, 5.41) is 0. The molecule has 1 aromatic rings. The number of hydrogen-bond donors (Lipinski definition) is 1. The highest BCUT2D eigenvalue weighted by Gasteiger charge is 2.48. The van der Waals surface area contributed by atoms with Crippen LogP contribution in [0, 0.1) is 23.7 Å². The zero-order valence-corrected chi connectivity index (χ0v) is 12.6. The van der Waals surface area contributed by atoms with Crippen LogP contribution in [0.5, 0.6) is 0 Å². The van der Waals surface area contributed by atoms with Crippen molar-refractivity contribution in [2.45, 2.75) is 57.4 Å². The fraction of sp³-hybridized carbons (Fsp3) is 0.684. The van der Waals surface area contributed by atoms with Gasteiger partial charge in [-0.15, -0.1) is 0 Å². The summed E-state index contributed by atoms with van der Waals surface area (Å²) in [4.78, 5) is 0. The van der Waals surface area contributed by atoms with Crippen LogP contribution in [0.4, 0.5) is 0 Å². The third-order valence-electron chi connectivity index (χ3n) is 6.12. The lowest BCUT2D eigenvalue weighted by Gasteiger charge is -2.54. The SMILES string of the molecule is CC(N)Cc1cccc(C2C3CC4CC(C3)CC2C4)c1. The molecule has 1 heteroatoms. The fourth-order valence-corrected chi connectivity index (χ4v) is 5.77. The van der Waals surface area contributed by atoms with Crippen LogP contribution in [-0.4, -0.2) is 6.04 Å². The normalized spacial score (nSPS) is 40.0. The van der Waals surface area contributed by atoms with Crippen molar-refractivity contribution in [3.05, 3.63) is 35.4 Å². The summed E-state index contributed by atoms with van der Waals surface area (Å²) >= 11 is 0. The monoisotopic (exact) mass is 269 g/mol. The highest BCUT2D eigenvalue weighted by molar-refractivity contribution is 5.29. The number of nitrogens with two attached hydrogens (primary N) is 1. The van der Waals surface area contributed by atoms with Crippen LogP contribution < -0.4 is 5.73 Å². The number of rotatable bonds is 3. The molecule has 0 amide bonds. The van der Waals surface area contributed by atoms with E-state index < -0.39 is 0 Å². The van der Waals surface area contributed by atoms with Crippen molar-refractivity contribution in [1.82, 2.24) is 0 Å². The molecule has 4 aliphatic carbocycles. The zero-order valence-electron chi connectivity index (χ0n) is 12.6. The Labute approximate surface area is 122 Å². The molecular weight excluding hydrogens is 242 g/mol. The maximum Gasteiger partial charge on any atom is 0.00509 e. The van der Waals surface area contributed by atoms with Crippen LogP contribution in [-0.2, 0) is 6.42 Å². The van der Waals surface area contributed by atoms with E-state index in [1.807, 2.05) is 0 Å². The Balaban J connectivity index is 1.61. The van der Waals surface area contributed by atoms with Gasteiger partial charge in [-0.3, -0.25) is 0 Å². The van der Waals surface area contributed by atoms with Gasteiger partial charge in [0.15, 0.2) is 0 Å². The van der Waals surface area contributed by atoms with E-state index in [0.717, 1.165) is 36.0 Å². The van der Waals surface area contributed by atoms with Gasteiger partial charge in [-0.05, 0) is 86.2 Å². The fourth-order valence-electron chi connectivity index (χ4n) is 5.77. The molecule has 20 heavy (non-hydrogen) atoms. The Kier molecular flexibility index (Phi) is 3.14. The second-order valence-corrected chi connectivity index (χ2v) is 7.88. The molecule has 4 aliphatic rings. The van der Waals surface area contributed by atoms with E-state index >= 15 is 0 Å². The second kappa shape index (κ2) is 4.87. The van der Waals surface area contributed by atoms with Crippen LogP contribution in [0.15, 0.2) is 24.3 Å². The van der Waals surface area contributed by atoms with Crippen LogP contribution in [0.2, 0.25) is 0 Å². The largest absolute Gasteiger partial charge is 0.328 e. The molecule has 0 aromatic heterocycles. The third-order valence-corrected chi connectivity index (χ3v) is 6.12. The van der Waals surface area contributed by atoms with Crippen molar-refractivity contribution in [3.8, 4) is 0 Å². The molecule has 0 heterocycles. The van der Waals surface area contributed by atoms with Gasteiger partial charge in [-0.1, -0.05) is 24.3 Å². The van der Waals surface area contributed by atoms with Crippen LogP contribution in [0.1, 0.15) is 56.1 Å². The van der Waals surface area contributed by atoms with Gasteiger partial charge in [-0.2, -0.15) is 0 Å². The molecule has 108 valence electrons. The predicted molar refractivity (Wildman–Crippen MR) is 83.6 cm³/mol. The molecule has 4 bridgehead atoms. The summed E-state index contributed by atoms with van der Waals surface area (Å²) in [7, 11) is 0. The maximum absolute atomic E-state index is 5.97. The Morgan fingerprint density at radius 2 is 1.70 bits per heavy atom. The van der Waals surface area contributed by atoms with E-state index in [9.17, 15) is 0 Å². The number of hydrogen-bond acceptors (Lipinski definition) is 1. The smallest absolute Gasteiger partial charge is 0.00509 e. The number of benzene rings is 1. The zero-order chi connectivity index (χ0) is 13.7. The van der Waals surface area contributed by atoms with Crippen LogP contribution in [0.3, 0.4) is 0 Å². The quantitative estimate of drug-likeness (QED) is 0.877. The van der Waals surface area contributed by atoms with Crippen molar-refractivity contribution >= 4 is 0 Å². The molecule has 1 atom stereocenters. The first-order valence-corrected chi connectivity index (χ1v) is 8.53. The lowest BCUT2D eigenvalue weighted by atomic mass is 9.51. The van der Waals surface area contributed by atoms with Crippen LogP contribution >= 0.6 is 0 Å². The summed E-state index contributed by atoms with van der Waals surface area (Å²) in [5.74, 6) is 4.96. The average Bonchev–Trinajstić information content (AvgIpc) is 2.37. The van der Waals surface area contributed by atoms with Crippen molar-refractivity contribution in [1.29, 1.82) is 0 Å². The minimum atomic E-state index is 0.267. The molecule has 1 aromatic carbocycles. The molecule has 2 N–H and O–H groups in total. The molecule has 0 aliphatic heterocycles. The van der Waals surface area contributed by atoms with Gasteiger partial charge in [0.25, 0.3) is 0 Å². The van der Waals surface area contributed by atoms with Crippen LogP contribution in [0.25, 0.3) is 0 Å². The summed E-state index contributed by atoms with van der Waals surface area (Å²) in [5.41, 5.74) is 9.03. The van der Waals surface area contributed by atoms with Crippen molar-refractivity contribution in [3.63, 3.8) is 0 Å². The van der Waals surface area contributed by atoms with Gasteiger partial charge in [-0.25, -0.2) is 0 Å². The van der Waals surface area contributed by atoms with Gasteiger partial charge in [0.2, 0.25) is 0 Å². The van der Waals surface area contributed by atoms with Gasteiger partial charge in [0.05, 0.1) is 0 Å². The van der Waals surface area contributed by atoms with Gasteiger partial charge in [0.1, 0.15) is 0 Å². The summed E-state index contributed by atoms with van der Waals surface area (Å²) < 4.78 is 0. The first kappa shape index (κ1) is 12.9. The minimum Gasteiger partial charge on any atom is -0.328 e. The predicted octanol–water partition coefficient (Wildman–Crippen LogP) is 4.12. The second-order valence-electron chi connectivity index (χ2n) is 7.88. The van der Waals surface area contributed by atoms with Gasteiger partial charge < -0.3 is 5.73 Å². The molecule has 5 rings (SSSR count). The molecule has 4 saturated carbocycles. The lowest BCUT2D eigenvalue weighted by molar-refractivity contribution is -0.00279. The molecule has 0 saturated heterocycles. The van der Waals surface area contributed by atoms with Gasteiger partial charge in [0, 0.05) is 6.04 Å². The molecular formula is C19H27N. The topological polar surface area (TPSA) is 26.0 Å². The molecule has 1 unspecified atom stereocenters. The summed E-state index contributed by atoms with van der Waals surface area (Å²) in [6, 6.07) is 9.64. The lowest BCUT2D eigenvalue weighted by Crippen LogP contribution is -2.43. The Morgan fingerprint density at radius 3 is 2.30 bits per heavy atom. The highest BCUT2D eigenvalue weighted by Crippen LogP contribution is 2.59. The van der Waals surface area contributed by atoms with E-state index in [1.54, 1.807) is 12.0 Å². The summed E-state index contributed by atoms with van der Waals surface area (Å²) in [6.45, 7) is 2.11. The standard InChI is InChI=1S/C19H27N/c1-12(20)5-13-3-2-4-16(7-13)19-17-8-14-6-15(10-17)11-18(19)9-14/h2-4,7,12,14-15,17-19H,5-6,8-11,20H2,1H3. The highest BCUT2D eigenvalue weighted by atomic mass is 14.6. The maximum atomic E-state index is 5.97. The Hall–Kier alpha value is -0.820. The first-order chi connectivity index (χ1) is 9.69. The molecule has 0 radical (unpaired) electrons. The Bertz CT molecular complexity index is 462. The molecule has 4 fully saturated rings.